The van der Waals surface area contributed by atoms with Gasteiger partial charge >= 0.3 is 0 Å². The van der Waals surface area contributed by atoms with Gasteiger partial charge in [0.15, 0.2) is 0 Å². The molecule has 0 amide bonds. The van der Waals surface area contributed by atoms with Gasteiger partial charge in [-0.3, -0.25) is 4.98 Å². The Balaban J connectivity index is 2.84. The number of methoxy groups -OCH3 is 1. The van der Waals surface area contributed by atoms with Crippen molar-refractivity contribution in [2.24, 2.45) is 5.73 Å². The Morgan fingerprint density at radius 2 is 2.15 bits per heavy atom. The van der Waals surface area contributed by atoms with Crippen molar-refractivity contribution in [3.63, 3.8) is 0 Å². The summed E-state index contributed by atoms with van der Waals surface area (Å²) in [7, 11) is 1.64. The molecule has 3 nitrogen and oxygen atoms in total. The molecule has 2 N–H and O–H groups in total. The molecule has 1 heterocycles. The molecule has 1 unspecified atom stereocenters. The van der Waals surface area contributed by atoms with Crippen LogP contribution in [0.3, 0.4) is 0 Å². The van der Waals surface area contributed by atoms with Crippen molar-refractivity contribution < 1.29 is 4.74 Å². The normalized spacial score (nSPS) is 12.9. The van der Waals surface area contributed by atoms with Crippen molar-refractivity contribution in [3.8, 4) is 0 Å². The maximum Gasteiger partial charge on any atom is 0.0707 e. The van der Waals surface area contributed by atoms with Crippen LogP contribution in [0.15, 0.2) is 12.1 Å². The standard InChI is InChI=1S/C10H16N2O/c1-7-4-5-10(12-8(7)2)9(11)6-13-3/h4-5,9H,6,11H2,1-3H3. The predicted octanol–water partition coefficient (Wildman–Crippen LogP) is 1.34. The highest BCUT2D eigenvalue weighted by Crippen LogP contribution is 2.10. The molecule has 1 aromatic rings. The molecule has 0 aliphatic rings. The third-order valence-electron chi connectivity index (χ3n) is 2.10. The first kappa shape index (κ1) is 10.2. The van der Waals surface area contributed by atoms with E-state index in [9.17, 15) is 0 Å². The van der Waals surface area contributed by atoms with E-state index in [1.54, 1.807) is 7.11 Å². The van der Waals surface area contributed by atoms with Gasteiger partial charge in [0.25, 0.3) is 0 Å². The average Bonchev–Trinajstić information content (AvgIpc) is 2.10. The van der Waals surface area contributed by atoms with Crippen molar-refractivity contribution in [1.82, 2.24) is 4.98 Å². The summed E-state index contributed by atoms with van der Waals surface area (Å²) < 4.78 is 4.96. The van der Waals surface area contributed by atoms with E-state index in [-0.39, 0.29) is 6.04 Å². The summed E-state index contributed by atoms with van der Waals surface area (Å²) in [6.45, 7) is 4.53. The molecule has 3 heteroatoms. The second kappa shape index (κ2) is 4.35. The average molecular weight is 180 g/mol. The van der Waals surface area contributed by atoms with Crippen molar-refractivity contribution in [2.45, 2.75) is 19.9 Å². The van der Waals surface area contributed by atoms with Crippen LogP contribution in [0.1, 0.15) is 23.0 Å². The van der Waals surface area contributed by atoms with E-state index < -0.39 is 0 Å². The highest BCUT2D eigenvalue weighted by Gasteiger charge is 2.07. The molecule has 0 spiro atoms. The molecule has 0 saturated heterocycles. The second-order valence-corrected chi connectivity index (χ2v) is 3.20. The molecular formula is C10H16N2O. The molecule has 0 aliphatic heterocycles. The minimum absolute atomic E-state index is 0.121. The first-order valence-corrected chi connectivity index (χ1v) is 4.34. The Morgan fingerprint density at radius 1 is 1.46 bits per heavy atom. The third-order valence-corrected chi connectivity index (χ3v) is 2.10. The van der Waals surface area contributed by atoms with Crippen LogP contribution < -0.4 is 5.73 Å². The molecule has 1 rings (SSSR count). The Hall–Kier alpha value is -0.930. The molecule has 0 saturated carbocycles. The van der Waals surface area contributed by atoms with Crippen LogP contribution in [0, 0.1) is 13.8 Å². The lowest BCUT2D eigenvalue weighted by Gasteiger charge is -2.11. The third kappa shape index (κ3) is 2.50. The van der Waals surface area contributed by atoms with Crippen LogP contribution in [0.2, 0.25) is 0 Å². The molecule has 1 aromatic heterocycles. The zero-order chi connectivity index (χ0) is 9.84. The van der Waals surface area contributed by atoms with E-state index in [2.05, 4.69) is 4.98 Å². The summed E-state index contributed by atoms with van der Waals surface area (Å²) in [6, 6.07) is 3.86. The van der Waals surface area contributed by atoms with Gasteiger partial charge in [-0.05, 0) is 25.5 Å². The van der Waals surface area contributed by atoms with Crippen LogP contribution in [-0.2, 0) is 4.74 Å². The van der Waals surface area contributed by atoms with Gasteiger partial charge in [0.1, 0.15) is 0 Å². The van der Waals surface area contributed by atoms with Gasteiger partial charge in [-0.1, -0.05) is 6.07 Å². The van der Waals surface area contributed by atoms with E-state index in [1.807, 2.05) is 26.0 Å². The number of ether oxygens (including phenoxy) is 1. The largest absolute Gasteiger partial charge is 0.383 e. The molecular weight excluding hydrogens is 164 g/mol. The van der Waals surface area contributed by atoms with Gasteiger partial charge in [0, 0.05) is 12.8 Å². The van der Waals surface area contributed by atoms with Crippen molar-refractivity contribution >= 4 is 0 Å². The van der Waals surface area contributed by atoms with Crippen LogP contribution in [0.4, 0.5) is 0 Å². The summed E-state index contributed by atoms with van der Waals surface area (Å²) >= 11 is 0. The van der Waals surface area contributed by atoms with Gasteiger partial charge in [0.2, 0.25) is 0 Å². The lowest BCUT2D eigenvalue weighted by Crippen LogP contribution is -2.17. The van der Waals surface area contributed by atoms with Gasteiger partial charge in [0.05, 0.1) is 18.3 Å². The first-order chi connectivity index (χ1) is 6.15. The maximum atomic E-state index is 5.84. The molecule has 0 bridgehead atoms. The predicted molar refractivity (Wildman–Crippen MR) is 52.5 cm³/mol. The van der Waals surface area contributed by atoms with Crippen molar-refractivity contribution in [2.75, 3.05) is 13.7 Å². The van der Waals surface area contributed by atoms with Crippen LogP contribution in [-0.4, -0.2) is 18.7 Å². The summed E-state index contributed by atoms with van der Waals surface area (Å²) in [5, 5.41) is 0. The highest BCUT2D eigenvalue weighted by atomic mass is 16.5. The van der Waals surface area contributed by atoms with Crippen LogP contribution >= 0.6 is 0 Å². The molecule has 0 aromatic carbocycles. The van der Waals surface area contributed by atoms with E-state index in [0.29, 0.717) is 6.61 Å². The summed E-state index contributed by atoms with van der Waals surface area (Å²) in [5.74, 6) is 0. The van der Waals surface area contributed by atoms with Crippen molar-refractivity contribution in [1.29, 1.82) is 0 Å². The monoisotopic (exact) mass is 180 g/mol. The van der Waals surface area contributed by atoms with Crippen molar-refractivity contribution in [3.05, 3.63) is 29.1 Å². The minimum Gasteiger partial charge on any atom is -0.383 e. The fourth-order valence-electron chi connectivity index (χ4n) is 1.12. The quantitative estimate of drug-likeness (QED) is 0.763. The number of nitrogens with zero attached hydrogens (tertiary/aromatic N) is 1. The summed E-state index contributed by atoms with van der Waals surface area (Å²) in [6.07, 6.45) is 0. The van der Waals surface area contributed by atoms with Gasteiger partial charge in [-0.2, -0.15) is 0 Å². The Morgan fingerprint density at radius 3 is 2.69 bits per heavy atom. The Kier molecular flexibility index (Phi) is 3.39. The number of aromatic nitrogens is 1. The van der Waals surface area contributed by atoms with E-state index in [4.69, 9.17) is 10.5 Å². The van der Waals surface area contributed by atoms with Gasteiger partial charge < -0.3 is 10.5 Å². The van der Waals surface area contributed by atoms with E-state index in [0.717, 1.165) is 11.4 Å². The van der Waals surface area contributed by atoms with Gasteiger partial charge in [-0.15, -0.1) is 0 Å². The van der Waals surface area contributed by atoms with E-state index in [1.165, 1.54) is 5.56 Å². The molecule has 0 radical (unpaired) electrons. The highest BCUT2D eigenvalue weighted by molar-refractivity contribution is 5.21. The zero-order valence-electron chi connectivity index (χ0n) is 8.37. The summed E-state index contributed by atoms with van der Waals surface area (Å²) in [5.41, 5.74) is 8.95. The zero-order valence-corrected chi connectivity index (χ0v) is 8.37. The number of hydrogen-bond donors (Lipinski definition) is 1. The minimum atomic E-state index is -0.121. The first-order valence-electron chi connectivity index (χ1n) is 4.34. The molecule has 13 heavy (non-hydrogen) atoms. The van der Waals surface area contributed by atoms with Crippen LogP contribution in [0.25, 0.3) is 0 Å². The fourth-order valence-corrected chi connectivity index (χ4v) is 1.12. The fraction of sp³-hybridized carbons (Fsp3) is 0.500. The van der Waals surface area contributed by atoms with Crippen LogP contribution in [0.5, 0.6) is 0 Å². The molecule has 0 fully saturated rings. The Labute approximate surface area is 78.9 Å². The number of aryl methyl sites for hydroxylation is 2. The molecule has 1 atom stereocenters. The molecule has 0 aliphatic carbocycles. The number of pyridine rings is 1. The number of hydrogen-bond acceptors (Lipinski definition) is 3. The number of nitrogens with two attached hydrogens (primary N) is 1. The lowest BCUT2D eigenvalue weighted by molar-refractivity contribution is 0.179. The molecule has 72 valence electrons. The van der Waals surface area contributed by atoms with Gasteiger partial charge in [-0.25, -0.2) is 0 Å². The summed E-state index contributed by atoms with van der Waals surface area (Å²) in [4.78, 5) is 4.39. The lowest BCUT2D eigenvalue weighted by atomic mass is 10.1. The topological polar surface area (TPSA) is 48.1 Å². The SMILES string of the molecule is COCC(N)c1ccc(C)c(C)n1. The smallest absolute Gasteiger partial charge is 0.0707 e. The van der Waals surface area contributed by atoms with E-state index >= 15 is 0 Å². The number of rotatable bonds is 3. The maximum absolute atomic E-state index is 5.84. The second-order valence-electron chi connectivity index (χ2n) is 3.20. The Bertz CT molecular complexity index is 286.